The highest BCUT2D eigenvalue weighted by Crippen LogP contribution is 2.31. The van der Waals surface area contributed by atoms with Gasteiger partial charge < -0.3 is 14.5 Å². The Labute approximate surface area is 164 Å². The maximum Gasteiger partial charge on any atom is 0.247 e. The standard InChI is InChI=1S/C21H23NO5S/c23-21-10-9-18(14-22-21)15-27-16-19-5-1-2-6-20(19)28(24,25)13-12-26-11-3-4-17-7-8-17/h1-2,5-6,9-10,14,17H,4,7-8,12-13,15-16H2,(H,22,23). The van der Waals surface area contributed by atoms with E-state index in [2.05, 4.69) is 17.0 Å². The monoisotopic (exact) mass is 401 g/mol. The summed E-state index contributed by atoms with van der Waals surface area (Å²) < 4.78 is 36.1. The van der Waals surface area contributed by atoms with Crippen molar-refractivity contribution in [3.63, 3.8) is 0 Å². The average Bonchev–Trinajstić information content (AvgIpc) is 3.51. The molecule has 0 saturated heterocycles. The van der Waals surface area contributed by atoms with E-state index in [-0.39, 0.29) is 36.0 Å². The molecule has 0 unspecified atom stereocenters. The van der Waals surface area contributed by atoms with Gasteiger partial charge in [-0.15, -0.1) is 0 Å². The van der Waals surface area contributed by atoms with Crippen LogP contribution in [0.3, 0.4) is 0 Å². The molecule has 148 valence electrons. The lowest BCUT2D eigenvalue weighted by atomic mass is 10.2. The van der Waals surface area contributed by atoms with Crippen LogP contribution in [0.25, 0.3) is 0 Å². The molecule has 1 aromatic heterocycles. The van der Waals surface area contributed by atoms with E-state index in [1.807, 2.05) is 0 Å². The molecule has 6 nitrogen and oxygen atoms in total. The summed E-state index contributed by atoms with van der Waals surface area (Å²) in [4.78, 5) is 13.9. The van der Waals surface area contributed by atoms with E-state index in [1.165, 1.54) is 18.9 Å². The van der Waals surface area contributed by atoms with Crippen LogP contribution in [-0.2, 0) is 32.5 Å². The molecule has 0 aliphatic heterocycles. The Morgan fingerprint density at radius 2 is 1.93 bits per heavy atom. The van der Waals surface area contributed by atoms with Crippen molar-refractivity contribution in [1.82, 2.24) is 4.98 Å². The van der Waals surface area contributed by atoms with Crippen molar-refractivity contribution in [3.8, 4) is 12.0 Å². The summed E-state index contributed by atoms with van der Waals surface area (Å²) in [7, 11) is -3.50. The Bertz CT molecular complexity index is 992. The lowest BCUT2D eigenvalue weighted by Crippen LogP contribution is -2.14. The zero-order valence-electron chi connectivity index (χ0n) is 15.5. The van der Waals surface area contributed by atoms with Crippen LogP contribution >= 0.6 is 0 Å². The third-order valence-corrected chi connectivity index (χ3v) is 6.14. The molecule has 1 heterocycles. The summed E-state index contributed by atoms with van der Waals surface area (Å²) in [5, 5.41) is 0. The van der Waals surface area contributed by atoms with Crippen LogP contribution < -0.4 is 5.56 Å². The van der Waals surface area contributed by atoms with Crippen LogP contribution in [0, 0.1) is 17.9 Å². The second kappa shape index (κ2) is 9.58. The van der Waals surface area contributed by atoms with Gasteiger partial charge in [0.05, 0.1) is 23.9 Å². The number of hydrogen-bond donors (Lipinski definition) is 1. The number of nitrogens with one attached hydrogen (secondary N) is 1. The number of rotatable bonds is 9. The molecule has 1 aromatic carbocycles. The number of hydrogen-bond acceptors (Lipinski definition) is 5. The van der Waals surface area contributed by atoms with Gasteiger partial charge in [0.25, 0.3) is 0 Å². The SMILES string of the molecule is O=c1ccc(COCc2ccccc2S(=O)(=O)CCOC#CCC2CC2)c[nH]1. The van der Waals surface area contributed by atoms with Crippen LogP contribution in [0.2, 0.25) is 0 Å². The largest absolute Gasteiger partial charge is 0.446 e. The lowest BCUT2D eigenvalue weighted by molar-refractivity contribution is 0.105. The molecule has 1 N–H and O–H groups in total. The molecule has 1 aliphatic carbocycles. The molecular weight excluding hydrogens is 378 g/mol. The normalized spacial score (nSPS) is 13.6. The first-order valence-corrected chi connectivity index (χ1v) is 10.9. The van der Waals surface area contributed by atoms with Crippen molar-refractivity contribution in [2.24, 2.45) is 5.92 Å². The zero-order valence-corrected chi connectivity index (χ0v) is 16.3. The van der Waals surface area contributed by atoms with Crippen molar-refractivity contribution in [2.45, 2.75) is 37.4 Å². The number of aromatic nitrogens is 1. The topological polar surface area (TPSA) is 85.5 Å². The minimum Gasteiger partial charge on any atom is -0.446 e. The van der Waals surface area contributed by atoms with E-state index in [0.29, 0.717) is 11.5 Å². The van der Waals surface area contributed by atoms with E-state index in [0.717, 1.165) is 12.0 Å². The highest BCUT2D eigenvalue weighted by atomic mass is 32.2. The van der Waals surface area contributed by atoms with Gasteiger partial charge >= 0.3 is 0 Å². The maximum atomic E-state index is 12.7. The first-order valence-electron chi connectivity index (χ1n) is 9.20. The Hall–Kier alpha value is -2.56. The van der Waals surface area contributed by atoms with Gasteiger partial charge in [-0.1, -0.05) is 24.1 Å². The van der Waals surface area contributed by atoms with E-state index in [4.69, 9.17) is 9.47 Å². The second-order valence-electron chi connectivity index (χ2n) is 6.76. The summed E-state index contributed by atoms with van der Waals surface area (Å²) in [5.41, 5.74) is 1.21. The highest BCUT2D eigenvalue weighted by molar-refractivity contribution is 7.91. The number of H-pyrrole nitrogens is 1. The molecule has 0 spiro atoms. The van der Waals surface area contributed by atoms with Crippen molar-refractivity contribution >= 4 is 9.84 Å². The molecule has 1 fully saturated rings. The molecule has 0 bridgehead atoms. The Kier molecular flexibility index (Phi) is 6.90. The summed E-state index contributed by atoms with van der Waals surface area (Å²) in [6, 6.07) is 9.86. The van der Waals surface area contributed by atoms with Crippen molar-refractivity contribution in [2.75, 3.05) is 12.4 Å². The predicted molar refractivity (Wildman–Crippen MR) is 105 cm³/mol. The van der Waals surface area contributed by atoms with Crippen LogP contribution in [0.15, 0.2) is 52.3 Å². The van der Waals surface area contributed by atoms with Crippen LogP contribution in [0.1, 0.15) is 30.4 Å². The van der Waals surface area contributed by atoms with E-state index < -0.39 is 9.84 Å². The Morgan fingerprint density at radius 1 is 1.11 bits per heavy atom. The van der Waals surface area contributed by atoms with Crippen molar-refractivity contribution < 1.29 is 17.9 Å². The van der Waals surface area contributed by atoms with Gasteiger partial charge in [-0.2, -0.15) is 0 Å². The summed E-state index contributed by atoms with van der Waals surface area (Å²) in [6.45, 7) is 0.452. The molecule has 2 aromatic rings. The number of benzene rings is 1. The van der Waals surface area contributed by atoms with Crippen molar-refractivity contribution in [1.29, 1.82) is 0 Å². The van der Waals surface area contributed by atoms with Gasteiger partial charge in [0.15, 0.2) is 9.84 Å². The molecule has 7 heteroatoms. The fourth-order valence-electron chi connectivity index (χ4n) is 2.61. The summed E-state index contributed by atoms with van der Waals surface area (Å²) in [6.07, 6.45) is 7.44. The zero-order chi connectivity index (χ0) is 19.8. The third kappa shape index (κ3) is 6.25. The molecule has 0 atom stereocenters. The van der Waals surface area contributed by atoms with Gasteiger partial charge in [0.2, 0.25) is 5.56 Å². The van der Waals surface area contributed by atoms with E-state index >= 15 is 0 Å². The van der Waals surface area contributed by atoms with Gasteiger partial charge in [-0.25, -0.2) is 8.42 Å². The summed E-state index contributed by atoms with van der Waals surface area (Å²) in [5.74, 6) is 3.48. The molecule has 28 heavy (non-hydrogen) atoms. The van der Waals surface area contributed by atoms with E-state index in [9.17, 15) is 13.2 Å². The Morgan fingerprint density at radius 3 is 2.68 bits per heavy atom. The molecule has 3 rings (SSSR count). The maximum absolute atomic E-state index is 12.7. The van der Waals surface area contributed by atoms with Gasteiger partial charge in [-0.05, 0) is 42.0 Å². The highest BCUT2D eigenvalue weighted by Gasteiger charge is 2.20. The van der Waals surface area contributed by atoms with Gasteiger partial charge in [0.1, 0.15) is 12.7 Å². The summed E-state index contributed by atoms with van der Waals surface area (Å²) >= 11 is 0. The predicted octanol–water partition coefficient (Wildman–Crippen LogP) is 2.64. The fourth-order valence-corrected chi connectivity index (χ4v) is 3.94. The quantitative estimate of drug-likeness (QED) is 0.516. The van der Waals surface area contributed by atoms with Crippen LogP contribution in [-0.4, -0.2) is 25.8 Å². The average molecular weight is 401 g/mol. The molecule has 1 saturated carbocycles. The number of aromatic amines is 1. The van der Waals surface area contributed by atoms with Gasteiger partial charge in [0, 0.05) is 18.7 Å². The number of ether oxygens (including phenoxy) is 2. The molecular formula is C21H23NO5S. The third-order valence-electron chi connectivity index (χ3n) is 4.37. The minimum atomic E-state index is -3.50. The number of pyridine rings is 1. The Balaban J connectivity index is 1.53. The smallest absolute Gasteiger partial charge is 0.247 e. The number of sulfone groups is 1. The second-order valence-corrected chi connectivity index (χ2v) is 8.83. The molecule has 0 radical (unpaired) electrons. The fraction of sp³-hybridized carbons (Fsp3) is 0.381. The van der Waals surface area contributed by atoms with E-state index in [1.54, 1.807) is 36.5 Å². The van der Waals surface area contributed by atoms with Crippen LogP contribution in [0.4, 0.5) is 0 Å². The first kappa shape index (κ1) is 20.2. The van der Waals surface area contributed by atoms with Crippen LogP contribution in [0.5, 0.6) is 0 Å². The minimum absolute atomic E-state index is 0.0343. The molecule has 0 amide bonds. The first-order chi connectivity index (χ1) is 13.5. The van der Waals surface area contributed by atoms with Gasteiger partial charge in [-0.3, -0.25) is 4.79 Å². The molecule has 1 aliphatic rings. The van der Waals surface area contributed by atoms with Crippen molar-refractivity contribution in [3.05, 3.63) is 64.1 Å². The lowest BCUT2D eigenvalue weighted by Gasteiger charge is -2.11.